The van der Waals surface area contributed by atoms with E-state index in [2.05, 4.69) is 0 Å². The van der Waals surface area contributed by atoms with Gasteiger partial charge in [0.2, 0.25) is 0 Å². The van der Waals surface area contributed by atoms with Crippen molar-refractivity contribution < 1.29 is 14.7 Å². The highest BCUT2D eigenvalue weighted by Gasteiger charge is 1.96. The lowest BCUT2D eigenvalue weighted by atomic mass is 10.6. The number of aliphatic hydroxyl groups excluding tert-OH is 2. The highest BCUT2D eigenvalue weighted by atomic mass is 19.2. The summed E-state index contributed by atoms with van der Waals surface area (Å²) in [4.78, 5) is 0. The van der Waals surface area contributed by atoms with Gasteiger partial charge < -0.3 is 10.2 Å². The van der Waals surface area contributed by atoms with Crippen molar-refractivity contribution in [2.45, 2.75) is 0 Å². The van der Waals surface area contributed by atoms with Crippen molar-refractivity contribution in [2.24, 2.45) is 0 Å². The summed E-state index contributed by atoms with van der Waals surface area (Å²) in [5.74, 6) is 0. The lowest BCUT2D eigenvalue weighted by molar-refractivity contribution is -0.00421. The molecule has 0 unspecified atom stereocenters. The van der Waals surface area contributed by atoms with E-state index < -0.39 is 0 Å². The van der Waals surface area contributed by atoms with Gasteiger partial charge in [0.15, 0.2) is 0 Å². The van der Waals surface area contributed by atoms with Gasteiger partial charge in [-0.05, 0) is 0 Å². The smallest absolute Gasteiger partial charge is 0.0584 e. The fourth-order valence-electron chi connectivity index (χ4n) is 0.329. The van der Waals surface area contributed by atoms with Gasteiger partial charge in [0, 0.05) is 0 Å². The molecule has 0 rings (SSSR count). The Morgan fingerprint density at radius 1 is 1.12 bits per heavy atom. The van der Waals surface area contributed by atoms with Crippen LogP contribution >= 0.6 is 0 Å². The Hall–Kier alpha value is -0.190. The van der Waals surface area contributed by atoms with Crippen LogP contribution in [0.5, 0.6) is 0 Å². The lowest BCUT2D eigenvalue weighted by Crippen LogP contribution is -2.21. The first-order valence-electron chi connectivity index (χ1n) is 2.43. The van der Waals surface area contributed by atoms with Gasteiger partial charge in [-0.15, -0.1) is 9.60 Å². The molecule has 3 nitrogen and oxygen atoms in total. The summed E-state index contributed by atoms with van der Waals surface area (Å²) < 4.78 is 11.9. The first-order valence-corrected chi connectivity index (χ1v) is 2.43. The highest BCUT2D eigenvalue weighted by Crippen LogP contribution is 1.83. The van der Waals surface area contributed by atoms with E-state index in [4.69, 9.17) is 10.2 Å². The van der Waals surface area contributed by atoms with Crippen molar-refractivity contribution in [3.8, 4) is 0 Å². The number of halogens is 1. The Morgan fingerprint density at radius 2 is 1.50 bits per heavy atom. The molecule has 0 radical (unpaired) electrons. The van der Waals surface area contributed by atoms with Crippen LogP contribution in [0.3, 0.4) is 0 Å². The van der Waals surface area contributed by atoms with Gasteiger partial charge in [-0.25, -0.2) is 0 Å². The monoisotopic (exact) mass is 123 g/mol. The van der Waals surface area contributed by atoms with Crippen molar-refractivity contribution in [3.05, 3.63) is 0 Å². The molecule has 8 heavy (non-hydrogen) atoms. The molecule has 0 saturated carbocycles. The van der Waals surface area contributed by atoms with Crippen molar-refractivity contribution in [2.75, 3.05) is 26.3 Å². The predicted molar refractivity (Wildman–Crippen MR) is 26.9 cm³/mol. The van der Waals surface area contributed by atoms with E-state index in [9.17, 15) is 4.48 Å². The Labute approximate surface area is 47.3 Å². The van der Waals surface area contributed by atoms with E-state index in [-0.39, 0.29) is 26.3 Å². The van der Waals surface area contributed by atoms with E-state index in [0.717, 1.165) is 0 Å². The molecule has 2 N–H and O–H groups in total. The molecule has 0 amide bonds. The van der Waals surface area contributed by atoms with Crippen LogP contribution in [-0.2, 0) is 0 Å². The molecule has 0 aromatic carbocycles. The van der Waals surface area contributed by atoms with Gasteiger partial charge in [-0.1, -0.05) is 0 Å². The molecule has 0 bridgehead atoms. The van der Waals surface area contributed by atoms with E-state index in [1.165, 1.54) is 0 Å². The zero-order valence-corrected chi connectivity index (χ0v) is 4.55. The average molecular weight is 123 g/mol. The SMILES string of the molecule is OCCN(F)CCO. The molecular weight excluding hydrogens is 113 g/mol. The van der Waals surface area contributed by atoms with Gasteiger partial charge in [0.05, 0.1) is 26.3 Å². The highest BCUT2D eigenvalue weighted by molar-refractivity contribution is 4.39. The molecule has 50 valence electrons. The van der Waals surface area contributed by atoms with Crippen molar-refractivity contribution in [3.63, 3.8) is 0 Å². The van der Waals surface area contributed by atoms with E-state index >= 15 is 0 Å². The van der Waals surface area contributed by atoms with E-state index in [1.807, 2.05) is 0 Å². The van der Waals surface area contributed by atoms with E-state index in [0.29, 0.717) is 5.12 Å². The van der Waals surface area contributed by atoms with Gasteiger partial charge >= 0.3 is 0 Å². The van der Waals surface area contributed by atoms with Gasteiger partial charge in [-0.2, -0.15) is 0 Å². The molecule has 4 heteroatoms. The number of hydrogen-bond acceptors (Lipinski definition) is 3. The summed E-state index contributed by atoms with van der Waals surface area (Å²) in [5, 5.41) is 16.6. The third-order valence-corrected chi connectivity index (χ3v) is 0.685. The molecular formula is C4H10FNO2. The largest absolute Gasteiger partial charge is 0.395 e. The van der Waals surface area contributed by atoms with Crippen LogP contribution in [0, 0.1) is 0 Å². The molecule has 0 aliphatic rings. The quantitative estimate of drug-likeness (QED) is 0.479. The van der Waals surface area contributed by atoms with Crippen LogP contribution < -0.4 is 0 Å². The molecule has 0 saturated heterocycles. The second-order valence-corrected chi connectivity index (χ2v) is 1.36. The number of nitrogens with zero attached hydrogens (tertiary/aromatic N) is 1. The fraction of sp³-hybridized carbons (Fsp3) is 1.00. The number of hydrogen-bond donors (Lipinski definition) is 2. The summed E-state index contributed by atoms with van der Waals surface area (Å²) in [6.45, 7) is -0.478. The minimum atomic E-state index is -0.212. The van der Waals surface area contributed by atoms with Gasteiger partial charge in [0.25, 0.3) is 0 Å². The summed E-state index contributed by atoms with van der Waals surface area (Å²) in [7, 11) is 0. The molecule has 0 spiro atoms. The number of rotatable bonds is 4. The molecule has 0 aromatic rings. The Kier molecular flexibility index (Phi) is 4.84. The standard InChI is InChI=1S/C4H10FNO2/c5-6(1-3-7)2-4-8/h7-8H,1-4H2. The van der Waals surface area contributed by atoms with Crippen molar-refractivity contribution in [1.82, 2.24) is 5.12 Å². The normalized spacial score (nSPS) is 10.5. The maximum absolute atomic E-state index is 11.9. The third kappa shape index (κ3) is 3.98. The van der Waals surface area contributed by atoms with Crippen LogP contribution in [0.2, 0.25) is 0 Å². The van der Waals surface area contributed by atoms with Gasteiger partial charge in [-0.3, -0.25) is 0 Å². The van der Waals surface area contributed by atoms with Crippen LogP contribution in [0.15, 0.2) is 0 Å². The Balaban J connectivity index is 2.92. The topological polar surface area (TPSA) is 43.7 Å². The van der Waals surface area contributed by atoms with Crippen molar-refractivity contribution in [1.29, 1.82) is 0 Å². The fourth-order valence-corrected chi connectivity index (χ4v) is 0.329. The molecule has 0 aromatic heterocycles. The third-order valence-electron chi connectivity index (χ3n) is 0.685. The first-order chi connectivity index (χ1) is 3.81. The maximum Gasteiger partial charge on any atom is 0.0584 e. The van der Waals surface area contributed by atoms with Crippen LogP contribution in [-0.4, -0.2) is 41.6 Å². The minimum absolute atomic E-state index is 0.0272. The second-order valence-electron chi connectivity index (χ2n) is 1.36. The molecule has 0 aliphatic carbocycles. The zero-order valence-electron chi connectivity index (χ0n) is 4.55. The maximum atomic E-state index is 11.9. The molecule has 0 aliphatic heterocycles. The average Bonchev–Trinajstić information content (AvgIpc) is 1.68. The summed E-state index contributed by atoms with van der Waals surface area (Å²) >= 11 is 0. The Bertz CT molecular complexity index is 47.3. The number of aliphatic hydroxyl groups is 2. The van der Waals surface area contributed by atoms with Crippen molar-refractivity contribution >= 4 is 0 Å². The second kappa shape index (κ2) is 4.96. The summed E-state index contributed by atoms with van der Waals surface area (Å²) in [6, 6.07) is 0. The molecule has 0 atom stereocenters. The zero-order chi connectivity index (χ0) is 6.41. The van der Waals surface area contributed by atoms with Gasteiger partial charge in [0.1, 0.15) is 0 Å². The lowest BCUT2D eigenvalue weighted by Gasteiger charge is -2.05. The van der Waals surface area contributed by atoms with E-state index in [1.54, 1.807) is 0 Å². The summed E-state index contributed by atoms with van der Waals surface area (Å²) in [6.07, 6.45) is 0. The molecule has 0 heterocycles. The van der Waals surface area contributed by atoms with Crippen LogP contribution in [0.4, 0.5) is 4.48 Å². The van der Waals surface area contributed by atoms with Crippen LogP contribution in [0.25, 0.3) is 0 Å². The Morgan fingerprint density at radius 3 is 1.75 bits per heavy atom. The first kappa shape index (κ1) is 7.81. The van der Waals surface area contributed by atoms with Crippen LogP contribution in [0.1, 0.15) is 0 Å². The molecule has 0 fully saturated rings. The predicted octanol–water partition coefficient (Wildman–Crippen LogP) is -0.843. The minimum Gasteiger partial charge on any atom is -0.395 e. The summed E-state index contributed by atoms with van der Waals surface area (Å²) in [5.41, 5.74) is 0.